The Balaban J connectivity index is 2.44. The van der Waals surface area contributed by atoms with Gasteiger partial charge >= 0.3 is 0 Å². The summed E-state index contributed by atoms with van der Waals surface area (Å²) in [5, 5.41) is 7.24. The molecule has 1 aromatic heterocycles. The Kier molecular flexibility index (Phi) is 4.32. The van der Waals surface area contributed by atoms with E-state index in [1.54, 1.807) is 7.11 Å². The van der Waals surface area contributed by atoms with Crippen molar-refractivity contribution in [1.29, 1.82) is 0 Å². The van der Waals surface area contributed by atoms with E-state index in [1.807, 2.05) is 19.1 Å². The second kappa shape index (κ2) is 5.99. The van der Waals surface area contributed by atoms with Crippen molar-refractivity contribution in [3.8, 4) is 16.9 Å². The molecule has 1 heterocycles. The first-order chi connectivity index (χ1) is 9.56. The number of nitrogen functional groups attached to an aromatic ring is 1. The predicted molar refractivity (Wildman–Crippen MR) is 82.9 cm³/mol. The number of H-pyrrole nitrogens is 1. The van der Waals surface area contributed by atoms with Gasteiger partial charge in [0.1, 0.15) is 5.75 Å². The molecule has 0 spiro atoms. The van der Waals surface area contributed by atoms with E-state index in [4.69, 9.17) is 10.5 Å². The molecule has 4 heteroatoms. The molecular formula is C16H23N3O. The summed E-state index contributed by atoms with van der Waals surface area (Å²) < 4.78 is 5.39. The van der Waals surface area contributed by atoms with Gasteiger partial charge in [0, 0.05) is 11.3 Å². The van der Waals surface area contributed by atoms with Crippen molar-refractivity contribution in [3.05, 3.63) is 29.5 Å². The van der Waals surface area contributed by atoms with Crippen LogP contribution < -0.4 is 10.5 Å². The third-order valence-electron chi connectivity index (χ3n) is 3.82. The monoisotopic (exact) mass is 273 g/mol. The number of rotatable bonds is 5. The van der Waals surface area contributed by atoms with E-state index in [0.717, 1.165) is 41.0 Å². The zero-order valence-corrected chi connectivity index (χ0v) is 12.7. The third kappa shape index (κ3) is 2.79. The molecule has 0 aliphatic carbocycles. The molecule has 3 N–H and O–H groups in total. The van der Waals surface area contributed by atoms with E-state index < -0.39 is 0 Å². The van der Waals surface area contributed by atoms with Crippen molar-refractivity contribution >= 4 is 5.82 Å². The van der Waals surface area contributed by atoms with E-state index in [9.17, 15) is 0 Å². The maximum Gasteiger partial charge on any atom is 0.153 e. The van der Waals surface area contributed by atoms with Crippen LogP contribution in [0.25, 0.3) is 11.1 Å². The third-order valence-corrected chi connectivity index (χ3v) is 3.82. The Hall–Kier alpha value is -1.97. The van der Waals surface area contributed by atoms with E-state index >= 15 is 0 Å². The van der Waals surface area contributed by atoms with Gasteiger partial charge in [0.2, 0.25) is 0 Å². The number of aryl methyl sites for hydroxylation is 1. The van der Waals surface area contributed by atoms with Gasteiger partial charge in [-0.15, -0.1) is 0 Å². The molecule has 0 aliphatic heterocycles. The van der Waals surface area contributed by atoms with Gasteiger partial charge in [-0.25, -0.2) is 0 Å². The average Bonchev–Trinajstić information content (AvgIpc) is 2.80. The molecule has 0 fully saturated rings. The van der Waals surface area contributed by atoms with Gasteiger partial charge in [-0.2, -0.15) is 5.10 Å². The Morgan fingerprint density at radius 1 is 1.40 bits per heavy atom. The quantitative estimate of drug-likeness (QED) is 0.875. The SMILES string of the molecule is CCC(C)Cc1[nH]nc(N)c1-c1ccc(C)c(OC)c1. The molecule has 0 saturated carbocycles. The zero-order valence-electron chi connectivity index (χ0n) is 12.7. The second-order valence-electron chi connectivity index (χ2n) is 5.36. The van der Waals surface area contributed by atoms with Gasteiger partial charge in [-0.3, -0.25) is 5.10 Å². The fourth-order valence-corrected chi connectivity index (χ4v) is 2.33. The van der Waals surface area contributed by atoms with Crippen molar-refractivity contribution in [2.24, 2.45) is 5.92 Å². The van der Waals surface area contributed by atoms with Gasteiger partial charge in [0.05, 0.1) is 7.11 Å². The number of anilines is 1. The molecule has 0 radical (unpaired) electrons. The van der Waals surface area contributed by atoms with Gasteiger partial charge in [0.25, 0.3) is 0 Å². The number of benzene rings is 1. The number of aromatic nitrogens is 2. The van der Waals surface area contributed by atoms with Crippen molar-refractivity contribution < 1.29 is 4.74 Å². The molecule has 1 unspecified atom stereocenters. The molecule has 2 rings (SSSR count). The van der Waals surface area contributed by atoms with E-state index in [1.165, 1.54) is 0 Å². The van der Waals surface area contributed by atoms with Crippen LogP contribution in [0, 0.1) is 12.8 Å². The predicted octanol–water partition coefficient (Wildman–Crippen LogP) is 3.56. The molecular weight excluding hydrogens is 250 g/mol. The second-order valence-corrected chi connectivity index (χ2v) is 5.36. The Bertz CT molecular complexity index is 589. The minimum Gasteiger partial charge on any atom is -0.496 e. The molecule has 0 amide bonds. The zero-order chi connectivity index (χ0) is 14.7. The number of hydrogen-bond acceptors (Lipinski definition) is 3. The fourth-order valence-electron chi connectivity index (χ4n) is 2.33. The highest BCUT2D eigenvalue weighted by Gasteiger charge is 2.16. The first-order valence-electron chi connectivity index (χ1n) is 7.04. The molecule has 1 aromatic carbocycles. The van der Waals surface area contributed by atoms with Gasteiger partial charge in [-0.05, 0) is 36.5 Å². The summed E-state index contributed by atoms with van der Waals surface area (Å²) in [6.45, 7) is 6.46. The van der Waals surface area contributed by atoms with E-state index in [-0.39, 0.29) is 0 Å². The number of nitrogens with zero attached hydrogens (tertiary/aromatic N) is 1. The summed E-state index contributed by atoms with van der Waals surface area (Å²) in [7, 11) is 1.69. The summed E-state index contributed by atoms with van der Waals surface area (Å²) in [6.07, 6.45) is 2.09. The smallest absolute Gasteiger partial charge is 0.153 e. The summed E-state index contributed by atoms with van der Waals surface area (Å²) in [6, 6.07) is 6.14. The fraction of sp³-hybridized carbons (Fsp3) is 0.438. The first-order valence-corrected chi connectivity index (χ1v) is 7.04. The molecule has 4 nitrogen and oxygen atoms in total. The molecule has 108 valence electrons. The number of aromatic amines is 1. The van der Waals surface area contributed by atoms with Crippen molar-refractivity contribution in [3.63, 3.8) is 0 Å². The van der Waals surface area contributed by atoms with Crippen LogP contribution in [0.5, 0.6) is 5.75 Å². The minimum atomic E-state index is 0.550. The largest absolute Gasteiger partial charge is 0.496 e. The lowest BCUT2D eigenvalue weighted by Gasteiger charge is -2.11. The molecule has 1 atom stereocenters. The highest BCUT2D eigenvalue weighted by atomic mass is 16.5. The summed E-state index contributed by atoms with van der Waals surface area (Å²) in [4.78, 5) is 0. The molecule has 2 aromatic rings. The lowest BCUT2D eigenvalue weighted by molar-refractivity contribution is 0.412. The van der Waals surface area contributed by atoms with E-state index in [2.05, 4.69) is 30.1 Å². The van der Waals surface area contributed by atoms with Crippen molar-refractivity contribution in [2.45, 2.75) is 33.6 Å². The van der Waals surface area contributed by atoms with Crippen LogP contribution in [0.3, 0.4) is 0 Å². The highest BCUT2D eigenvalue weighted by Crippen LogP contribution is 2.33. The van der Waals surface area contributed by atoms with Gasteiger partial charge in [-0.1, -0.05) is 32.4 Å². The maximum atomic E-state index is 6.04. The summed E-state index contributed by atoms with van der Waals surface area (Å²) in [5.41, 5.74) is 10.3. The lowest BCUT2D eigenvalue weighted by atomic mass is 9.96. The maximum absolute atomic E-state index is 6.04. The molecule has 0 bridgehead atoms. The topological polar surface area (TPSA) is 63.9 Å². The number of nitrogens with one attached hydrogen (secondary N) is 1. The summed E-state index contributed by atoms with van der Waals surface area (Å²) >= 11 is 0. The Morgan fingerprint density at radius 3 is 2.80 bits per heavy atom. The number of hydrogen-bond donors (Lipinski definition) is 2. The molecule has 0 saturated heterocycles. The standard InChI is InChI=1S/C16H23N3O/c1-5-10(2)8-13-15(16(17)19-18-13)12-7-6-11(3)14(9-12)20-4/h6-7,9-10H,5,8H2,1-4H3,(H3,17,18,19). The van der Waals surface area contributed by atoms with E-state index in [0.29, 0.717) is 11.7 Å². The Labute approximate surface area is 120 Å². The van der Waals surface area contributed by atoms with Crippen molar-refractivity contribution in [2.75, 3.05) is 12.8 Å². The molecule has 20 heavy (non-hydrogen) atoms. The van der Waals surface area contributed by atoms with Crippen LogP contribution in [-0.4, -0.2) is 17.3 Å². The van der Waals surface area contributed by atoms with Crippen molar-refractivity contribution in [1.82, 2.24) is 10.2 Å². The Morgan fingerprint density at radius 2 is 2.15 bits per heavy atom. The number of methoxy groups -OCH3 is 1. The van der Waals surface area contributed by atoms with Crippen LogP contribution >= 0.6 is 0 Å². The van der Waals surface area contributed by atoms with Crippen LogP contribution in [-0.2, 0) is 6.42 Å². The van der Waals surface area contributed by atoms with Crippen LogP contribution in [0.2, 0.25) is 0 Å². The minimum absolute atomic E-state index is 0.550. The average molecular weight is 273 g/mol. The van der Waals surface area contributed by atoms with Crippen LogP contribution in [0.1, 0.15) is 31.5 Å². The number of nitrogens with two attached hydrogens (primary N) is 1. The van der Waals surface area contributed by atoms with Gasteiger partial charge in [0.15, 0.2) is 5.82 Å². The van der Waals surface area contributed by atoms with Crippen LogP contribution in [0.15, 0.2) is 18.2 Å². The first kappa shape index (κ1) is 14.4. The lowest BCUT2D eigenvalue weighted by Crippen LogP contribution is -2.00. The van der Waals surface area contributed by atoms with Gasteiger partial charge < -0.3 is 10.5 Å². The summed E-state index contributed by atoms with van der Waals surface area (Å²) in [5.74, 6) is 2.02. The number of ether oxygens (including phenoxy) is 1. The molecule has 0 aliphatic rings. The highest BCUT2D eigenvalue weighted by molar-refractivity contribution is 5.77. The normalized spacial score (nSPS) is 12.4. The van der Waals surface area contributed by atoms with Crippen LogP contribution in [0.4, 0.5) is 5.82 Å².